The predicted octanol–water partition coefficient (Wildman–Crippen LogP) is 3.44. The van der Waals surface area contributed by atoms with Gasteiger partial charge in [0.05, 0.1) is 11.2 Å². The molecule has 138 valence electrons. The zero-order valence-corrected chi connectivity index (χ0v) is 14.6. The second kappa shape index (κ2) is 7.70. The minimum Gasteiger partial charge on any atom is -0.459 e. The number of hydrogen-bond donors (Lipinski definition) is 3. The highest BCUT2D eigenvalue weighted by molar-refractivity contribution is 6.30. The number of halogens is 1. The number of hydrazine groups is 1. The first-order valence-electron chi connectivity index (χ1n) is 7.58. The molecular formula is C16H13ClN6O4. The van der Waals surface area contributed by atoms with Crippen LogP contribution in [0.2, 0.25) is 5.02 Å². The molecule has 0 radical (unpaired) electrons. The molecule has 1 aromatic carbocycles. The first-order chi connectivity index (χ1) is 13.0. The molecule has 3 aromatic rings. The second-order valence-electron chi connectivity index (χ2n) is 5.32. The molecule has 2 aromatic heterocycles. The lowest BCUT2D eigenvalue weighted by atomic mass is 10.2. The van der Waals surface area contributed by atoms with Crippen molar-refractivity contribution in [1.82, 2.24) is 15.4 Å². The zero-order chi connectivity index (χ0) is 19.4. The Morgan fingerprint density at radius 2 is 2.04 bits per heavy atom. The smallest absolute Gasteiger partial charge is 0.355 e. The van der Waals surface area contributed by atoms with E-state index in [2.05, 4.69) is 26.1 Å². The molecular weight excluding hydrogens is 376 g/mol. The van der Waals surface area contributed by atoms with E-state index < -0.39 is 16.5 Å². The van der Waals surface area contributed by atoms with Gasteiger partial charge in [0.2, 0.25) is 11.6 Å². The van der Waals surface area contributed by atoms with Crippen molar-refractivity contribution in [2.24, 2.45) is 0 Å². The largest absolute Gasteiger partial charge is 0.459 e. The third-order valence-corrected chi connectivity index (χ3v) is 3.72. The molecule has 0 bridgehead atoms. The maximum atomic E-state index is 11.9. The number of nitrogens with zero attached hydrogens (tertiary/aromatic N) is 3. The highest BCUT2D eigenvalue weighted by atomic mass is 35.5. The normalized spacial score (nSPS) is 10.3. The van der Waals surface area contributed by atoms with Crippen LogP contribution in [0, 0.1) is 17.0 Å². The van der Waals surface area contributed by atoms with E-state index in [0.29, 0.717) is 10.7 Å². The molecule has 0 aliphatic heterocycles. The molecule has 0 unspecified atom stereocenters. The summed E-state index contributed by atoms with van der Waals surface area (Å²) in [7, 11) is 0. The Labute approximate surface area is 157 Å². The number of carbonyl (C=O) groups excluding carboxylic acids is 1. The van der Waals surface area contributed by atoms with Gasteiger partial charge in [0, 0.05) is 10.7 Å². The Hall–Kier alpha value is -3.66. The highest BCUT2D eigenvalue weighted by Gasteiger charge is 2.24. The molecule has 11 heteroatoms. The summed E-state index contributed by atoms with van der Waals surface area (Å²) in [6, 6.07) is 8.02. The van der Waals surface area contributed by atoms with E-state index in [9.17, 15) is 14.9 Å². The van der Waals surface area contributed by atoms with Crippen molar-refractivity contribution in [3.63, 3.8) is 0 Å². The molecule has 2 heterocycles. The van der Waals surface area contributed by atoms with Crippen LogP contribution in [0.5, 0.6) is 0 Å². The van der Waals surface area contributed by atoms with Gasteiger partial charge in [-0.05, 0) is 42.8 Å². The van der Waals surface area contributed by atoms with Crippen LogP contribution >= 0.6 is 11.6 Å². The molecule has 0 aliphatic carbocycles. The number of nitro groups is 1. The number of amides is 1. The summed E-state index contributed by atoms with van der Waals surface area (Å²) >= 11 is 5.92. The van der Waals surface area contributed by atoms with Crippen LogP contribution in [0.3, 0.4) is 0 Å². The number of furan rings is 1. The molecule has 27 heavy (non-hydrogen) atoms. The molecule has 0 saturated carbocycles. The molecule has 0 atom stereocenters. The molecule has 3 rings (SSSR count). The van der Waals surface area contributed by atoms with Crippen LogP contribution in [-0.4, -0.2) is 20.8 Å². The number of aromatic nitrogens is 2. The van der Waals surface area contributed by atoms with Crippen LogP contribution < -0.4 is 16.2 Å². The predicted molar refractivity (Wildman–Crippen MR) is 98.0 cm³/mol. The Kier molecular flexibility index (Phi) is 5.18. The second-order valence-corrected chi connectivity index (χ2v) is 5.75. The highest BCUT2D eigenvalue weighted by Crippen LogP contribution is 2.32. The van der Waals surface area contributed by atoms with Crippen molar-refractivity contribution in [3.8, 4) is 0 Å². The fourth-order valence-corrected chi connectivity index (χ4v) is 2.44. The van der Waals surface area contributed by atoms with Crippen LogP contribution in [0.4, 0.5) is 23.0 Å². The number of rotatable bonds is 6. The molecule has 1 amide bonds. The van der Waals surface area contributed by atoms with Crippen molar-refractivity contribution in [2.75, 3.05) is 10.7 Å². The van der Waals surface area contributed by atoms with Gasteiger partial charge in [-0.2, -0.15) is 0 Å². The fourth-order valence-electron chi connectivity index (χ4n) is 2.21. The van der Waals surface area contributed by atoms with Gasteiger partial charge >= 0.3 is 11.6 Å². The van der Waals surface area contributed by atoms with E-state index in [0.717, 1.165) is 11.9 Å². The standard InChI is InChI=1S/C16H13ClN6O4/c1-9-7-10(17)4-5-11(9)20-14-13(23(25)26)15(19-8-18-14)21-22-16(24)12-3-2-6-27-12/h2-8H,1H3,(H,22,24)(H2,18,19,20,21). The Bertz CT molecular complexity index is 993. The van der Waals surface area contributed by atoms with Crippen molar-refractivity contribution < 1.29 is 14.1 Å². The number of aryl methyl sites for hydroxylation is 1. The number of nitrogens with one attached hydrogen (secondary N) is 3. The van der Waals surface area contributed by atoms with Gasteiger partial charge in [0.25, 0.3) is 0 Å². The molecule has 0 aliphatic rings. The number of benzene rings is 1. The van der Waals surface area contributed by atoms with Gasteiger partial charge in [-0.3, -0.25) is 25.8 Å². The monoisotopic (exact) mass is 388 g/mol. The van der Waals surface area contributed by atoms with Crippen LogP contribution in [0.1, 0.15) is 16.1 Å². The molecule has 10 nitrogen and oxygen atoms in total. The maximum Gasteiger partial charge on any atom is 0.355 e. The van der Waals surface area contributed by atoms with E-state index in [-0.39, 0.29) is 17.4 Å². The topological polar surface area (TPSA) is 135 Å². The van der Waals surface area contributed by atoms with Crippen LogP contribution in [-0.2, 0) is 0 Å². The third-order valence-electron chi connectivity index (χ3n) is 3.49. The quantitative estimate of drug-likeness (QED) is 0.431. The number of anilines is 3. The summed E-state index contributed by atoms with van der Waals surface area (Å²) in [5.74, 6) is -0.815. The van der Waals surface area contributed by atoms with Crippen molar-refractivity contribution in [1.29, 1.82) is 0 Å². The molecule has 0 fully saturated rings. The van der Waals surface area contributed by atoms with Crippen LogP contribution in [0.15, 0.2) is 47.3 Å². The third kappa shape index (κ3) is 4.12. The van der Waals surface area contributed by atoms with Gasteiger partial charge in [-0.15, -0.1) is 0 Å². The lowest BCUT2D eigenvalue weighted by Gasteiger charge is -2.12. The van der Waals surface area contributed by atoms with Crippen molar-refractivity contribution in [2.45, 2.75) is 6.92 Å². The summed E-state index contributed by atoms with van der Waals surface area (Å²) in [6.07, 6.45) is 2.46. The lowest BCUT2D eigenvalue weighted by molar-refractivity contribution is -0.383. The Morgan fingerprint density at radius 1 is 1.26 bits per heavy atom. The maximum absolute atomic E-state index is 11.9. The summed E-state index contributed by atoms with van der Waals surface area (Å²) in [5, 5.41) is 15.0. The molecule has 3 N–H and O–H groups in total. The fraction of sp³-hybridized carbons (Fsp3) is 0.0625. The molecule has 0 saturated heterocycles. The summed E-state index contributed by atoms with van der Waals surface area (Å²) in [4.78, 5) is 30.5. The van der Waals surface area contributed by atoms with Gasteiger partial charge in [-0.25, -0.2) is 9.97 Å². The van der Waals surface area contributed by atoms with E-state index in [1.165, 1.54) is 12.3 Å². The van der Waals surface area contributed by atoms with Gasteiger partial charge in [0.1, 0.15) is 6.33 Å². The number of hydrogen-bond acceptors (Lipinski definition) is 8. The van der Waals surface area contributed by atoms with E-state index in [1.54, 1.807) is 31.2 Å². The average molecular weight is 389 g/mol. The first kappa shape index (κ1) is 18.1. The number of carbonyl (C=O) groups is 1. The average Bonchev–Trinajstić information content (AvgIpc) is 3.16. The Balaban J connectivity index is 1.86. The van der Waals surface area contributed by atoms with Crippen LogP contribution in [0.25, 0.3) is 0 Å². The molecule has 0 spiro atoms. The van der Waals surface area contributed by atoms with Crippen molar-refractivity contribution >= 4 is 40.5 Å². The lowest BCUT2D eigenvalue weighted by Crippen LogP contribution is -2.30. The SMILES string of the molecule is Cc1cc(Cl)ccc1Nc1ncnc(NNC(=O)c2ccco2)c1[N+](=O)[O-]. The minimum atomic E-state index is -0.658. The summed E-state index contributed by atoms with van der Waals surface area (Å²) < 4.78 is 4.95. The first-order valence-corrected chi connectivity index (χ1v) is 7.96. The van der Waals surface area contributed by atoms with Gasteiger partial charge in [0.15, 0.2) is 5.76 Å². The van der Waals surface area contributed by atoms with E-state index >= 15 is 0 Å². The summed E-state index contributed by atoms with van der Waals surface area (Å²) in [5.41, 5.74) is 5.63. The van der Waals surface area contributed by atoms with Gasteiger partial charge in [-0.1, -0.05) is 11.6 Å². The summed E-state index contributed by atoms with van der Waals surface area (Å²) in [6.45, 7) is 1.80. The zero-order valence-electron chi connectivity index (χ0n) is 13.9. The minimum absolute atomic E-state index is 0.0364. The van der Waals surface area contributed by atoms with E-state index in [4.69, 9.17) is 16.0 Å². The van der Waals surface area contributed by atoms with Gasteiger partial charge < -0.3 is 9.73 Å². The van der Waals surface area contributed by atoms with Crippen molar-refractivity contribution in [3.05, 3.63) is 69.4 Å². The Morgan fingerprint density at radius 3 is 2.70 bits per heavy atom. The van der Waals surface area contributed by atoms with E-state index in [1.807, 2.05) is 0 Å².